The van der Waals surface area contributed by atoms with Gasteiger partial charge in [0.2, 0.25) is 5.91 Å². The Labute approximate surface area is 169 Å². The fraction of sp³-hybridized carbons (Fsp3) is 0.176. The Morgan fingerprint density at radius 2 is 1.88 bits per heavy atom. The molecule has 136 valence electrons. The molecule has 1 aromatic carbocycles. The lowest BCUT2D eigenvalue weighted by Crippen LogP contribution is -3.00. The molecule has 0 aliphatic carbocycles. The van der Waals surface area contributed by atoms with Crippen molar-refractivity contribution in [2.45, 2.75) is 20.8 Å². The second kappa shape index (κ2) is 8.52. The maximum Gasteiger partial charge on any atom is 0.223 e. The van der Waals surface area contributed by atoms with Crippen molar-refractivity contribution >= 4 is 50.3 Å². The van der Waals surface area contributed by atoms with Crippen LogP contribution < -0.4 is 27.6 Å². The first-order valence-electron chi connectivity index (χ1n) is 7.51. The molecule has 9 heteroatoms. The number of carbonyl (C=O) groups excluding carboxylic acids is 2. The predicted octanol–water partition coefficient (Wildman–Crippen LogP) is 1.48. The zero-order valence-electron chi connectivity index (χ0n) is 14.3. The number of thiazole rings is 2. The van der Waals surface area contributed by atoms with Crippen LogP contribution in [0.2, 0.25) is 0 Å². The molecule has 0 saturated carbocycles. The molecule has 0 bridgehead atoms. The molecule has 0 unspecified atom stereocenters. The molecule has 0 aliphatic heterocycles. The van der Waals surface area contributed by atoms with E-state index >= 15 is 0 Å². The second-order valence-electron chi connectivity index (χ2n) is 5.41. The molecule has 2 heterocycles. The molecule has 0 fully saturated rings. The van der Waals surface area contributed by atoms with Gasteiger partial charge in [-0.2, -0.15) is 0 Å². The van der Waals surface area contributed by atoms with Crippen molar-refractivity contribution in [3.8, 4) is 10.6 Å². The lowest BCUT2D eigenvalue weighted by Gasteiger charge is -2.03. The zero-order valence-corrected chi connectivity index (χ0v) is 17.5. The van der Waals surface area contributed by atoms with Crippen LogP contribution in [0, 0.1) is 6.92 Å². The number of nitrogens with one attached hydrogen (secondary N) is 2. The number of halogens is 1. The number of amides is 1. The lowest BCUT2D eigenvalue weighted by molar-refractivity contribution is -0.114. The van der Waals surface area contributed by atoms with Gasteiger partial charge in [0.05, 0.1) is 16.3 Å². The van der Waals surface area contributed by atoms with Crippen LogP contribution in [-0.4, -0.2) is 21.7 Å². The minimum atomic E-state index is -0.147. The largest absolute Gasteiger partial charge is 1.00 e. The summed E-state index contributed by atoms with van der Waals surface area (Å²) in [5, 5.41) is 9.15. The number of carbonyl (C=O) groups is 2. The van der Waals surface area contributed by atoms with Crippen LogP contribution >= 0.6 is 22.7 Å². The highest BCUT2D eigenvalue weighted by Crippen LogP contribution is 2.35. The molecule has 26 heavy (non-hydrogen) atoms. The number of Topliss-reactive ketones (excluding diaryl/α,β-unsaturated/α-hetero) is 1. The van der Waals surface area contributed by atoms with E-state index in [9.17, 15) is 9.59 Å². The van der Waals surface area contributed by atoms with Crippen molar-refractivity contribution in [3.63, 3.8) is 0 Å². The first-order chi connectivity index (χ1) is 11.9. The SMILES string of the molecule is CC(=O)Nc1nc(C)c(-c2csc(Nc3cccc(C(C)=O)c3)n2)s1.[Br-]. The summed E-state index contributed by atoms with van der Waals surface area (Å²) >= 11 is 2.87. The van der Waals surface area contributed by atoms with Crippen LogP contribution in [0.3, 0.4) is 0 Å². The van der Waals surface area contributed by atoms with Crippen LogP contribution in [0.25, 0.3) is 10.6 Å². The van der Waals surface area contributed by atoms with Crippen LogP contribution in [0.4, 0.5) is 16.0 Å². The van der Waals surface area contributed by atoms with E-state index in [0.29, 0.717) is 10.7 Å². The average Bonchev–Trinajstić information content (AvgIpc) is 3.13. The molecule has 0 saturated heterocycles. The Balaban J connectivity index is 0.00000243. The fourth-order valence-corrected chi connectivity index (χ4v) is 3.98. The molecule has 0 radical (unpaired) electrons. The van der Waals surface area contributed by atoms with Crippen molar-refractivity contribution in [2.24, 2.45) is 0 Å². The molecule has 1 amide bonds. The van der Waals surface area contributed by atoms with Crippen molar-refractivity contribution in [1.82, 2.24) is 9.97 Å². The topological polar surface area (TPSA) is 84.0 Å². The molecule has 0 spiro atoms. The summed E-state index contributed by atoms with van der Waals surface area (Å²) in [6, 6.07) is 7.31. The summed E-state index contributed by atoms with van der Waals surface area (Å²) in [5.41, 5.74) is 3.10. The van der Waals surface area contributed by atoms with Gasteiger partial charge in [0, 0.05) is 23.6 Å². The third-order valence-corrected chi connectivity index (χ3v) is 5.19. The maximum absolute atomic E-state index is 11.5. The molecular formula is C17H16BrN4O2S2-. The summed E-state index contributed by atoms with van der Waals surface area (Å²) in [6.07, 6.45) is 0. The summed E-state index contributed by atoms with van der Waals surface area (Å²) in [5.74, 6) is -0.124. The first kappa shape index (κ1) is 20.2. The average molecular weight is 452 g/mol. The lowest BCUT2D eigenvalue weighted by atomic mass is 10.1. The van der Waals surface area contributed by atoms with Gasteiger partial charge in [0.25, 0.3) is 0 Å². The number of nitrogens with zero attached hydrogens (tertiary/aromatic N) is 2. The number of ketones is 1. The van der Waals surface area contributed by atoms with Gasteiger partial charge in [0.15, 0.2) is 16.0 Å². The van der Waals surface area contributed by atoms with Crippen molar-refractivity contribution in [2.75, 3.05) is 10.6 Å². The normalized spacial score (nSPS) is 10.1. The number of hydrogen-bond acceptors (Lipinski definition) is 7. The number of hydrogen-bond donors (Lipinski definition) is 2. The Kier molecular flexibility index (Phi) is 6.63. The Hall–Kier alpha value is -2.10. The van der Waals surface area contributed by atoms with E-state index in [4.69, 9.17) is 0 Å². The van der Waals surface area contributed by atoms with Crippen molar-refractivity contribution in [3.05, 3.63) is 40.9 Å². The predicted molar refractivity (Wildman–Crippen MR) is 102 cm³/mol. The van der Waals surface area contributed by atoms with E-state index in [2.05, 4.69) is 20.6 Å². The number of rotatable bonds is 5. The highest BCUT2D eigenvalue weighted by atomic mass is 79.9. The van der Waals surface area contributed by atoms with Crippen LogP contribution in [0.1, 0.15) is 29.9 Å². The zero-order chi connectivity index (χ0) is 18.0. The number of aryl methyl sites for hydroxylation is 1. The van der Waals surface area contributed by atoms with Gasteiger partial charge in [-0.15, -0.1) is 11.3 Å². The molecule has 2 N–H and O–H groups in total. The third kappa shape index (κ3) is 4.75. The van der Waals surface area contributed by atoms with Crippen molar-refractivity contribution in [1.29, 1.82) is 0 Å². The Morgan fingerprint density at radius 3 is 2.58 bits per heavy atom. The molecular weight excluding hydrogens is 436 g/mol. The fourth-order valence-electron chi connectivity index (χ4n) is 2.21. The second-order valence-corrected chi connectivity index (χ2v) is 7.27. The smallest absolute Gasteiger partial charge is 0.223 e. The number of aromatic nitrogens is 2. The molecule has 2 aromatic heterocycles. The summed E-state index contributed by atoms with van der Waals surface area (Å²) in [6.45, 7) is 4.89. The van der Waals surface area contributed by atoms with Gasteiger partial charge in [-0.25, -0.2) is 9.97 Å². The molecule has 6 nitrogen and oxygen atoms in total. The van der Waals surface area contributed by atoms with Crippen LogP contribution in [0.5, 0.6) is 0 Å². The van der Waals surface area contributed by atoms with E-state index in [1.165, 1.54) is 29.6 Å². The molecule has 0 atom stereocenters. The third-order valence-electron chi connectivity index (χ3n) is 3.34. The van der Waals surface area contributed by atoms with Gasteiger partial charge in [-0.3, -0.25) is 9.59 Å². The van der Waals surface area contributed by atoms with Crippen LogP contribution in [0.15, 0.2) is 29.6 Å². The summed E-state index contributed by atoms with van der Waals surface area (Å²) < 4.78 is 0. The van der Waals surface area contributed by atoms with Gasteiger partial charge in [-0.05, 0) is 26.0 Å². The van der Waals surface area contributed by atoms with E-state index in [0.717, 1.165) is 27.1 Å². The van der Waals surface area contributed by atoms with Gasteiger partial charge < -0.3 is 27.6 Å². The van der Waals surface area contributed by atoms with E-state index in [1.54, 1.807) is 19.1 Å². The molecule has 3 aromatic rings. The van der Waals surface area contributed by atoms with E-state index < -0.39 is 0 Å². The Morgan fingerprint density at radius 1 is 1.12 bits per heavy atom. The molecule has 3 rings (SSSR count). The van der Waals surface area contributed by atoms with Gasteiger partial charge in [0.1, 0.15) is 0 Å². The highest BCUT2D eigenvalue weighted by Gasteiger charge is 2.14. The Bertz CT molecular complexity index is 952. The number of anilines is 3. The van der Waals surface area contributed by atoms with Gasteiger partial charge >= 0.3 is 0 Å². The standard InChI is InChI=1S/C17H16N4O2S2.BrH/c1-9-15(25-17(18-9)19-11(3)23)14-8-24-16(21-14)20-13-6-4-5-12(7-13)10(2)22;/h4-8H,1-3H3,(H,20,21)(H,18,19,23);1H/p-1. The quantitative estimate of drug-likeness (QED) is 0.574. The molecule has 0 aliphatic rings. The van der Waals surface area contributed by atoms with Gasteiger partial charge in [-0.1, -0.05) is 23.5 Å². The van der Waals surface area contributed by atoms with E-state index in [1.807, 2.05) is 24.4 Å². The highest BCUT2D eigenvalue weighted by molar-refractivity contribution is 7.20. The minimum Gasteiger partial charge on any atom is -1.00 e. The summed E-state index contributed by atoms with van der Waals surface area (Å²) in [7, 11) is 0. The van der Waals surface area contributed by atoms with Crippen molar-refractivity contribution < 1.29 is 26.6 Å². The van der Waals surface area contributed by atoms with Crippen LogP contribution in [-0.2, 0) is 4.79 Å². The monoisotopic (exact) mass is 451 g/mol. The maximum atomic E-state index is 11.5. The van der Waals surface area contributed by atoms with E-state index in [-0.39, 0.29) is 28.7 Å². The minimum absolute atomic E-state index is 0. The number of benzene rings is 1. The summed E-state index contributed by atoms with van der Waals surface area (Å²) in [4.78, 5) is 32.5. The first-order valence-corrected chi connectivity index (χ1v) is 9.21.